The van der Waals surface area contributed by atoms with Crippen LogP contribution in [0.5, 0.6) is 0 Å². The minimum Gasteiger partial charge on any atom is -0.478 e. The maximum absolute atomic E-state index is 11.3. The van der Waals surface area contributed by atoms with Crippen molar-refractivity contribution in [3.63, 3.8) is 0 Å². The van der Waals surface area contributed by atoms with Gasteiger partial charge in [-0.3, -0.25) is 0 Å². The topological polar surface area (TPSA) is 74.6 Å². The SMILES string of the molecule is CC(c1ccccc1C(=O)O)c1ccccc1C(=O)O. The molecule has 0 aliphatic heterocycles. The van der Waals surface area contributed by atoms with E-state index in [4.69, 9.17) is 0 Å². The van der Waals surface area contributed by atoms with Crippen LogP contribution in [0, 0.1) is 0 Å². The molecule has 0 fully saturated rings. The standard InChI is InChI=1S/C16H14O4/c1-10(11-6-2-4-8-13(11)15(17)18)12-7-3-5-9-14(12)16(19)20/h2-10H,1H3,(H,17,18)(H,19,20). The van der Waals surface area contributed by atoms with E-state index in [1.54, 1.807) is 36.4 Å². The number of carbonyl (C=O) groups is 2. The van der Waals surface area contributed by atoms with Crippen LogP contribution in [0.1, 0.15) is 44.7 Å². The molecule has 0 saturated carbocycles. The summed E-state index contributed by atoms with van der Waals surface area (Å²) in [5, 5.41) is 18.4. The summed E-state index contributed by atoms with van der Waals surface area (Å²) in [6.45, 7) is 1.81. The smallest absolute Gasteiger partial charge is 0.335 e. The third-order valence-corrected chi connectivity index (χ3v) is 3.32. The molecule has 0 bridgehead atoms. The molecule has 0 saturated heterocycles. The van der Waals surface area contributed by atoms with E-state index in [0.29, 0.717) is 11.1 Å². The summed E-state index contributed by atoms with van der Waals surface area (Å²) in [5.74, 6) is -2.34. The van der Waals surface area contributed by atoms with Gasteiger partial charge in [0.15, 0.2) is 0 Å². The van der Waals surface area contributed by atoms with Crippen LogP contribution in [0.3, 0.4) is 0 Å². The van der Waals surface area contributed by atoms with Crippen LogP contribution < -0.4 is 0 Å². The molecule has 20 heavy (non-hydrogen) atoms. The van der Waals surface area contributed by atoms with Gasteiger partial charge in [0.2, 0.25) is 0 Å². The number of aromatic carboxylic acids is 2. The molecule has 0 aromatic heterocycles. The molecule has 0 unspecified atom stereocenters. The molecule has 0 spiro atoms. The number of benzene rings is 2. The molecular weight excluding hydrogens is 256 g/mol. The average molecular weight is 270 g/mol. The van der Waals surface area contributed by atoms with Crippen molar-refractivity contribution < 1.29 is 19.8 Å². The van der Waals surface area contributed by atoms with Gasteiger partial charge in [-0.1, -0.05) is 43.3 Å². The Kier molecular flexibility index (Phi) is 3.84. The van der Waals surface area contributed by atoms with Crippen molar-refractivity contribution in [2.24, 2.45) is 0 Å². The summed E-state index contributed by atoms with van der Waals surface area (Å²) in [6, 6.07) is 13.3. The fourth-order valence-electron chi connectivity index (χ4n) is 2.31. The van der Waals surface area contributed by atoms with Gasteiger partial charge in [0.1, 0.15) is 0 Å². The summed E-state index contributed by atoms with van der Waals surface area (Å²) in [7, 11) is 0. The first-order valence-corrected chi connectivity index (χ1v) is 6.16. The molecule has 0 amide bonds. The molecule has 0 aliphatic carbocycles. The predicted molar refractivity (Wildman–Crippen MR) is 74.3 cm³/mol. The summed E-state index contributed by atoms with van der Waals surface area (Å²) >= 11 is 0. The molecule has 2 rings (SSSR count). The number of hydrogen-bond donors (Lipinski definition) is 2. The normalized spacial score (nSPS) is 10.5. The fourth-order valence-corrected chi connectivity index (χ4v) is 2.31. The van der Waals surface area contributed by atoms with E-state index < -0.39 is 11.9 Å². The quantitative estimate of drug-likeness (QED) is 0.894. The zero-order chi connectivity index (χ0) is 14.7. The highest BCUT2D eigenvalue weighted by molar-refractivity contribution is 5.91. The Bertz CT molecular complexity index is 604. The molecule has 0 radical (unpaired) electrons. The van der Waals surface area contributed by atoms with E-state index in [1.807, 2.05) is 6.92 Å². The first-order valence-electron chi connectivity index (χ1n) is 6.16. The highest BCUT2D eigenvalue weighted by Crippen LogP contribution is 2.29. The van der Waals surface area contributed by atoms with Gasteiger partial charge in [0, 0.05) is 5.92 Å². The van der Waals surface area contributed by atoms with E-state index in [2.05, 4.69) is 0 Å². The molecule has 2 N–H and O–H groups in total. The second-order valence-corrected chi connectivity index (χ2v) is 4.51. The summed E-state index contributed by atoms with van der Waals surface area (Å²) in [6.07, 6.45) is 0. The lowest BCUT2D eigenvalue weighted by Crippen LogP contribution is -2.10. The summed E-state index contributed by atoms with van der Waals surface area (Å²) in [4.78, 5) is 22.5. The Morgan fingerprint density at radius 2 is 1.15 bits per heavy atom. The largest absolute Gasteiger partial charge is 0.478 e. The van der Waals surface area contributed by atoms with E-state index >= 15 is 0 Å². The summed E-state index contributed by atoms with van der Waals surface area (Å²) in [5.41, 5.74) is 1.60. The molecule has 2 aromatic rings. The van der Waals surface area contributed by atoms with Crippen LogP contribution in [-0.2, 0) is 0 Å². The van der Waals surface area contributed by atoms with Crippen LogP contribution in [-0.4, -0.2) is 22.2 Å². The average Bonchev–Trinajstić information content (AvgIpc) is 2.46. The second-order valence-electron chi connectivity index (χ2n) is 4.51. The van der Waals surface area contributed by atoms with E-state index in [9.17, 15) is 19.8 Å². The Labute approximate surface area is 116 Å². The lowest BCUT2D eigenvalue weighted by Gasteiger charge is -2.17. The third-order valence-electron chi connectivity index (χ3n) is 3.32. The van der Waals surface area contributed by atoms with Crippen LogP contribution in [0.4, 0.5) is 0 Å². The van der Waals surface area contributed by atoms with Crippen molar-refractivity contribution in [3.8, 4) is 0 Å². The van der Waals surface area contributed by atoms with E-state index in [0.717, 1.165) is 0 Å². The van der Waals surface area contributed by atoms with E-state index in [1.165, 1.54) is 12.1 Å². The van der Waals surface area contributed by atoms with Crippen LogP contribution in [0.2, 0.25) is 0 Å². The van der Waals surface area contributed by atoms with Gasteiger partial charge in [-0.25, -0.2) is 9.59 Å². The second kappa shape index (κ2) is 5.57. The van der Waals surface area contributed by atoms with Gasteiger partial charge in [0.05, 0.1) is 11.1 Å². The van der Waals surface area contributed by atoms with Crippen LogP contribution >= 0.6 is 0 Å². The zero-order valence-corrected chi connectivity index (χ0v) is 10.9. The van der Waals surface area contributed by atoms with Crippen molar-refractivity contribution in [1.29, 1.82) is 0 Å². The number of rotatable bonds is 4. The highest BCUT2D eigenvalue weighted by Gasteiger charge is 2.20. The molecule has 0 heterocycles. The Balaban J connectivity index is 2.55. The Morgan fingerprint density at radius 1 is 0.800 bits per heavy atom. The molecule has 4 heteroatoms. The van der Waals surface area contributed by atoms with Gasteiger partial charge in [0.25, 0.3) is 0 Å². The minimum atomic E-state index is -1.01. The lowest BCUT2D eigenvalue weighted by atomic mass is 9.87. The molecular formula is C16H14O4. The highest BCUT2D eigenvalue weighted by atomic mass is 16.4. The van der Waals surface area contributed by atoms with Gasteiger partial charge in [-0.05, 0) is 23.3 Å². The van der Waals surface area contributed by atoms with Gasteiger partial charge in [-0.2, -0.15) is 0 Å². The maximum Gasteiger partial charge on any atom is 0.335 e. The lowest BCUT2D eigenvalue weighted by molar-refractivity contribution is 0.0686. The minimum absolute atomic E-state index is 0.195. The Hall–Kier alpha value is -2.62. The summed E-state index contributed by atoms with van der Waals surface area (Å²) < 4.78 is 0. The van der Waals surface area contributed by atoms with Gasteiger partial charge >= 0.3 is 11.9 Å². The van der Waals surface area contributed by atoms with Crippen molar-refractivity contribution >= 4 is 11.9 Å². The maximum atomic E-state index is 11.3. The molecule has 4 nitrogen and oxygen atoms in total. The molecule has 2 aromatic carbocycles. The molecule has 0 aliphatic rings. The molecule has 102 valence electrons. The number of carboxylic acid groups (broad SMARTS) is 2. The first-order chi connectivity index (χ1) is 9.52. The zero-order valence-electron chi connectivity index (χ0n) is 10.9. The van der Waals surface area contributed by atoms with Crippen molar-refractivity contribution in [2.75, 3.05) is 0 Å². The molecule has 0 atom stereocenters. The third kappa shape index (κ3) is 2.54. The van der Waals surface area contributed by atoms with Crippen LogP contribution in [0.25, 0.3) is 0 Å². The monoisotopic (exact) mass is 270 g/mol. The van der Waals surface area contributed by atoms with Crippen molar-refractivity contribution in [3.05, 3.63) is 70.8 Å². The first kappa shape index (κ1) is 13.8. The number of carboxylic acids is 2. The van der Waals surface area contributed by atoms with Gasteiger partial charge in [-0.15, -0.1) is 0 Å². The van der Waals surface area contributed by atoms with Crippen LogP contribution in [0.15, 0.2) is 48.5 Å². The van der Waals surface area contributed by atoms with Gasteiger partial charge < -0.3 is 10.2 Å². The van der Waals surface area contributed by atoms with Crippen molar-refractivity contribution in [2.45, 2.75) is 12.8 Å². The predicted octanol–water partition coefficient (Wildman–Crippen LogP) is 3.23. The number of hydrogen-bond acceptors (Lipinski definition) is 2. The fraction of sp³-hybridized carbons (Fsp3) is 0.125. The van der Waals surface area contributed by atoms with E-state index in [-0.39, 0.29) is 17.0 Å². The van der Waals surface area contributed by atoms with Crippen molar-refractivity contribution in [1.82, 2.24) is 0 Å². The Morgan fingerprint density at radius 3 is 1.50 bits per heavy atom.